The van der Waals surface area contributed by atoms with Crippen molar-refractivity contribution in [1.29, 1.82) is 0 Å². The fourth-order valence-corrected chi connectivity index (χ4v) is 1.89. The van der Waals surface area contributed by atoms with Crippen LogP contribution in [0.4, 0.5) is 0 Å². The van der Waals surface area contributed by atoms with Crippen molar-refractivity contribution in [2.45, 2.75) is 33.2 Å². The van der Waals surface area contributed by atoms with Gasteiger partial charge >= 0.3 is 5.97 Å². The van der Waals surface area contributed by atoms with Crippen LogP contribution in [-0.4, -0.2) is 38.9 Å². The summed E-state index contributed by atoms with van der Waals surface area (Å²) in [6.07, 6.45) is 1.07. The largest absolute Gasteiger partial charge is 0.468 e. The number of hydrogen-bond donors (Lipinski definition) is 1. The van der Waals surface area contributed by atoms with Crippen molar-refractivity contribution in [3.05, 3.63) is 0 Å². The highest BCUT2D eigenvalue weighted by atomic mass is 16.5. The maximum atomic E-state index is 11.6. The molecule has 94 valence electrons. The van der Waals surface area contributed by atoms with Crippen LogP contribution in [0.3, 0.4) is 0 Å². The molecule has 0 aromatic rings. The molecule has 0 aromatic heterocycles. The summed E-state index contributed by atoms with van der Waals surface area (Å²) in [6.45, 7) is 8.55. The van der Waals surface area contributed by atoms with Crippen LogP contribution in [0.25, 0.3) is 0 Å². The van der Waals surface area contributed by atoms with Gasteiger partial charge in [-0.1, -0.05) is 20.8 Å². The summed E-state index contributed by atoms with van der Waals surface area (Å²) in [6, 6.07) is -0.252. The lowest BCUT2D eigenvalue weighted by Crippen LogP contribution is -2.48. The maximum Gasteiger partial charge on any atom is 0.323 e. The second kappa shape index (κ2) is 5.64. The van der Waals surface area contributed by atoms with E-state index in [0.29, 0.717) is 5.92 Å². The summed E-state index contributed by atoms with van der Waals surface area (Å²) >= 11 is 0. The van der Waals surface area contributed by atoms with Crippen molar-refractivity contribution < 1.29 is 14.3 Å². The van der Waals surface area contributed by atoms with Crippen molar-refractivity contribution in [3.63, 3.8) is 0 Å². The number of hydrogen-bond acceptors (Lipinski definition) is 4. The lowest BCUT2D eigenvalue weighted by molar-refractivity contribution is -0.146. The van der Waals surface area contributed by atoms with Gasteiger partial charge in [0.05, 0.1) is 13.7 Å². The summed E-state index contributed by atoms with van der Waals surface area (Å²) in [4.78, 5) is 11.6. The summed E-state index contributed by atoms with van der Waals surface area (Å²) in [5.41, 5.74) is -0.132. The van der Waals surface area contributed by atoms with E-state index in [1.807, 2.05) is 20.8 Å². The molecule has 1 heterocycles. The molecule has 0 aliphatic carbocycles. The first kappa shape index (κ1) is 13.5. The van der Waals surface area contributed by atoms with Gasteiger partial charge < -0.3 is 14.8 Å². The van der Waals surface area contributed by atoms with Crippen LogP contribution in [0.5, 0.6) is 0 Å². The van der Waals surface area contributed by atoms with E-state index < -0.39 is 0 Å². The quantitative estimate of drug-likeness (QED) is 0.736. The number of methoxy groups -OCH3 is 1. The fraction of sp³-hybridized carbons (Fsp3) is 0.917. The zero-order valence-corrected chi connectivity index (χ0v) is 10.7. The van der Waals surface area contributed by atoms with E-state index in [1.165, 1.54) is 7.11 Å². The van der Waals surface area contributed by atoms with Crippen molar-refractivity contribution in [1.82, 2.24) is 5.32 Å². The summed E-state index contributed by atoms with van der Waals surface area (Å²) in [7, 11) is 1.43. The summed E-state index contributed by atoms with van der Waals surface area (Å²) < 4.78 is 10.1. The molecule has 0 aromatic carbocycles. The predicted molar refractivity (Wildman–Crippen MR) is 62.2 cm³/mol. The minimum absolute atomic E-state index is 0.132. The Labute approximate surface area is 97.7 Å². The van der Waals surface area contributed by atoms with Crippen LogP contribution in [0.1, 0.15) is 27.2 Å². The molecule has 16 heavy (non-hydrogen) atoms. The molecule has 0 spiro atoms. The Morgan fingerprint density at radius 3 is 2.69 bits per heavy atom. The van der Waals surface area contributed by atoms with Crippen molar-refractivity contribution in [3.8, 4) is 0 Å². The normalized spacial score (nSPS) is 23.1. The van der Waals surface area contributed by atoms with Gasteiger partial charge in [0.1, 0.15) is 6.04 Å². The molecule has 1 aliphatic heterocycles. The van der Waals surface area contributed by atoms with Gasteiger partial charge in [-0.25, -0.2) is 0 Å². The molecule has 1 aliphatic rings. The molecule has 0 radical (unpaired) electrons. The number of rotatable bonds is 4. The monoisotopic (exact) mass is 229 g/mol. The molecule has 1 N–H and O–H groups in total. The van der Waals surface area contributed by atoms with Crippen molar-refractivity contribution in [2.75, 3.05) is 26.9 Å². The predicted octanol–water partition coefficient (Wildman–Crippen LogP) is 1.20. The van der Waals surface area contributed by atoms with Gasteiger partial charge in [0.2, 0.25) is 0 Å². The first-order chi connectivity index (χ1) is 7.45. The molecule has 0 unspecified atom stereocenters. The number of esters is 1. The second-order valence-electron chi connectivity index (χ2n) is 5.46. The molecule has 0 saturated carbocycles. The summed E-state index contributed by atoms with van der Waals surface area (Å²) in [5.74, 6) is 0.334. The van der Waals surface area contributed by atoms with E-state index in [4.69, 9.17) is 9.47 Å². The number of ether oxygens (including phenoxy) is 2. The van der Waals surface area contributed by atoms with Gasteiger partial charge in [-0.05, 0) is 17.8 Å². The zero-order valence-electron chi connectivity index (χ0n) is 10.7. The topological polar surface area (TPSA) is 47.6 Å². The van der Waals surface area contributed by atoms with Gasteiger partial charge in [-0.3, -0.25) is 4.79 Å². The second-order valence-corrected chi connectivity index (χ2v) is 5.46. The average Bonchev–Trinajstić information content (AvgIpc) is 2.68. The highest BCUT2D eigenvalue weighted by molar-refractivity contribution is 5.76. The standard InChI is InChI=1S/C12H23NO3/c1-12(2,3)10(11(14)15-4)13-7-9-5-6-16-8-9/h9-10,13H,5-8H2,1-4H3/t9-,10-/m1/s1. The van der Waals surface area contributed by atoms with Crippen LogP contribution < -0.4 is 5.32 Å². The lowest BCUT2D eigenvalue weighted by Gasteiger charge is -2.30. The van der Waals surface area contributed by atoms with Crippen LogP contribution >= 0.6 is 0 Å². The zero-order chi connectivity index (χ0) is 12.2. The molecule has 2 atom stereocenters. The smallest absolute Gasteiger partial charge is 0.323 e. The SMILES string of the molecule is COC(=O)[C@@H](NC[C@H]1CCOC1)C(C)(C)C. The lowest BCUT2D eigenvalue weighted by atomic mass is 9.86. The maximum absolute atomic E-state index is 11.6. The van der Waals surface area contributed by atoms with E-state index in [-0.39, 0.29) is 17.4 Å². The first-order valence-corrected chi connectivity index (χ1v) is 5.84. The minimum atomic E-state index is -0.252. The number of carbonyl (C=O) groups excluding carboxylic acids is 1. The van der Waals surface area contributed by atoms with Gasteiger partial charge in [-0.15, -0.1) is 0 Å². The first-order valence-electron chi connectivity index (χ1n) is 5.84. The van der Waals surface area contributed by atoms with E-state index in [9.17, 15) is 4.79 Å². The number of carbonyl (C=O) groups is 1. The average molecular weight is 229 g/mol. The molecular formula is C12H23NO3. The summed E-state index contributed by atoms with van der Waals surface area (Å²) in [5, 5.41) is 3.30. The third-order valence-corrected chi connectivity index (χ3v) is 2.94. The molecule has 0 bridgehead atoms. The van der Waals surface area contributed by atoms with E-state index in [1.54, 1.807) is 0 Å². The Hall–Kier alpha value is -0.610. The third-order valence-electron chi connectivity index (χ3n) is 2.94. The van der Waals surface area contributed by atoms with Crippen molar-refractivity contribution in [2.24, 2.45) is 11.3 Å². The fourth-order valence-electron chi connectivity index (χ4n) is 1.89. The van der Waals surface area contributed by atoms with E-state index >= 15 is 0 Å². The van der Waals surface area contributed by atoms with E-state index in [2.05, 4.69) is 5.32 Å². The molecule has 1 rings (SSSR count). The van der Waals surface area contributed by atoms with Crippen LogP contribution in [-0.2, 0) is 14.3 Å². The Bertz CT molecular complexity index is 229. The van der Waals surface area contributed by atoms with Gasteiger partial charge in [0.25, 0.3) is 0 Å². The third kappa shape index (κ3) is 3.76. The Kier molecular flexibility index (Phi) is 4.74. The molecule has 1 fully saturated rings. The van der Waals surface area contributed by atoms with Crippen LogP contribution in [0, 0.1) is 11.3 Å². The molecule has 0 amide bonds. The Morgan fingerprint density at radius 1 is 1.56 bits per heavy atom. The molecular weight excluding hydrogens is 206 g/mol. The highest BCUT2D eigenvalue weighted by Gasteiger charge is 2.32. The molecule has 4 nitrogen and oxygen atoms in total. The van der Waals surface area contributed by atoms with Gasteiger partial charge in [0.15, 0.2) is 0 Å². The number of nitrogens with one attached hydrogen (secondary N) is 1. The molecule has 4 heteroatoms. The van der Waals surface area contributed by atoms with Gasteiger partial charge in [0, 0.05) is 13.2 Å². The van der Waals surface area contributed by atoms with E-state index in [0.717, 1.165) is 26.2 Å². The van der Waals surface area contributed by atoms with Crippen LogP contribution in [0.2, 0.25) is 0 Å². The minimum Gasteiger partial charge on any atom is -0.468 e. The van der Waals surface area contributed by atoms with Crippen LogP contribution in [0.15, 0.2) is 0 Å². The Morgan fingerprint density at radius 2 is 2.25 bits per heavy atom. The highest BCUT2D eigenvalue weighted by Crippen LogP contribution is 2.21. The Balaban J connectivity index is 2.46. The van der Waals surface area contributed by atoms with Crippen molar-refractivity contribution >= 4 is 5.97 Å². The molecule has 1 saturated heterocycles. The van der Waals surface area contributed by atoms with Gasteiger partial charge in [-0.2, -0.15) is 0 Å².